The summed E-state index contributed by atoms with van der Waals surface area (Å²) in [5.41, 5.74) is 6.28. The molecule has 2 aromatic rings. The maximum absolute atomic E-state index is 2.50. The normalized spacial score (nSPS) is 19.8. The summed E-state index contributed by atoms with van der Waals surface area (Å²) in [6, 6.07) is 4.99. The predicted octanol–water partition coefficient (Wildman–Crippen LogP) is 8.72. The van der Waals surface area contributed by atoms with Crippen LogP contribution in [0.3, 0.4) is 0 Å². The lowest BCUT2D eigenvalue weighted by Crippen LogP contribution is -1.92. The van der Waals surface area contributed by atoms with Crippen molar-refractivity contribution in [2.24, 2.45) is 0 Å². The van der Waals surface area contributed by atoms with Crippen LogP contribution in [0.15, 0.2) is 60.7 Å². The van der Waals surface area contributed by atoms with Crippen LogP contribution in [-0.4, -0.2) is 0 Å². The molecule has 0 atom stereocenters. The van der Waals surface area contributed by atoms with E-state index in [1.165, 1.54) is 62.7 Å². The molecule has 0 aliphatic heterocycles. The molecule has 0 radical (unpaired) electrons. The maximum Gasteiger partial charge on any atom is 0.0299 e. The van der Waals surface area contributed by atoms with Crippen LogP contribution in [0.25, 0.3) is 11.1 Å². The molecule has 0 amide bonds. The van der Waals surface area contributed by atoms with Gasteiger partial charge in [0.15, 0.2) is 0 Å². The van der Waals surface area contributed by atoms with Gasteiger partial charge in [-0.25, -0.2) is 0 Å². The molecule has 29 heavy (non-hydrogen) atoms. The van der Waals surface area contributed by atoms with Gasteiger partial charge in [0.2, 0.25) is 0 Å². The van der Waals surface area contributed by atoms with Gasteiger partial charge in [-0.15, -0.1) is 22.7 Å². The molecule has 0 spiro atoms. The molecule has 0 saturated carbocycles. The Balaban J connectivity index is 1.59. The van der Waals surface area contributed by atoms with Crippen LogP contribution in [0.4, 0.5) is 0 Å². The summed E-state index contributed by atoms with van der Waals surface area (Å²) in [5, 5.41) is 0. The van der Waals surface area contributed by atoms with Crippen molar-refractivity contribution in [3.05, 3.63) is 91.4 Å². The van der Waals surface area contributed by atoms with Gasteiger partial charge in [-0.2, -0.15) is 0 Å². The lowest BCUT2D eigenvalue weighted by Gasteiger charge is -2.13. The molecule has 148 valence electrons. The van der Waals surface area contributed by atoms with Crippen molar-refractivity contribution in [1.82, 2.24) is 0 Å². The summed E-state index contributed by atoms with van der Waals surface area (Å²) in [5.74, 6) is 0.940. The highest BCUT2D eigenvalue weighted by atomic mass is 32.1. The third kappa shape index (κ3) is 3.69. The molecule has 2 aromatic heterocycles. The van der Waals surface area contributed by atoms with E-state index in [0.29, 0.717) is 11.8 Å². The van der Waals surface area contributed by atoms with Crippen LogP contribution in [0, 0.1) is 13.8 Å². The van der Waals surface area contributed by atoms with E-state index in [2.05, 4.69) is 74.6 Å². The Kier molecular flexibility index (Phi) is 5.32. The molecular weight excluding hydrogens is 388 g/mol. The highest BCUT2D eigenvalue weighted by molar-refractivity contribution is 7.12. The topological polar surface area (TPSA) is 0 Å². The molecule has 3 aliphatic rings. The Morgan fingerprint density at radius 2 is 1.03 bits per heavy atom. The van der Waals surface area contributed by atoms with Gasteiger partial charge in [-0.1, -0.05) is 55.0 Å². The van der Waals surface area contributed by atoms with E-state index in [-0.39, 0.29) is 0 Å². The summed E-state index contributed by atoms with van der Waals surface area (Å²) in [6.45, 7) is 4.64. The number of hydrogen-bond donors (Lipinski definition) is 0. The Morgan fingerprint density at radius 1 is 0.621 bits per heavy atom. The van der Waals surface area contributed by atoms with Crippen molar-refractivity contribution in [1.29, 1.82) is 0 Å². The zero-order valence-electron chi connectivity index (χ0n) is 17.3. The largest absolute Gasteiger partial charge is 0.144 e. The SMILES string of the molecule is Cc1sc(C2C=CC=C2)cc1C1=C(c2cc(C3C=CC=C3)sc2C)CCCCC1. The molecule has 3 aliphatic carbocycles. The summed E-state index contributed by atoms with van der Waals surface area (Å²) in [7, 11) is 0. The van der Waals surface area contributed by atoms with Crippen molar-refractivity contribution < 1.29 is 0 Å². The first-order chi connectivity index (χ1) is 14.2. The van der Waals surface area contributed by atoms with Crippen molar-refractivity contribution >= 4 is 33.8 Å². The smallest absolute Gasteiger partial charge is 0.0299 e. The third-order valence-electron chi connectivity index (χ3n) is 6.39. The van der Waals surface area contributed by atoms with Crippen LogP contribution in [-0.2, 0) is 0 Å². The van der Waals surface area contributed by atoms with E-state index in [1.807, 2.05) is 22.7 Å². The van der Waals surface area contributed by atoms with Gasteiger partial charge in [0, 0.05) is 31.3 Å². The maximum atomic E-state index is 2.50. The molecular formula is C27H28S2. The highest BCUT2D eigenvalue weighted by Gasteiger charge is 2.23. The molecule has 0 bridgehead atoms. The van der Waals surface area contributed by atoms with Crippen molar-refractivity contribution in [3.63, 3.8) is 0 Å². The summed E-state index contributed by atoms with van der Waals surface area (Å²) < 4.78 is 0. The highest BCUT2D eigenvalue weighted by Crippen LogP contribution is 2.45. The van der Waals surface area contributed by atoms with Crippen molar-refractivity contribution in [2.75, 3.05) is 0 Å². The monoisotopic (exact) mass is 416 g/mol. The molecule has 0 N–H and O–H groups in total. The predicted molar refractivity (Wildman–Crippen MR) is 130 cm³/mol. The van der Waals surface area contributed by atoms with Gasteiger partial charge < -0.3 is 0 Å². The van der Waals surface area contributed by atoms with Gasteiger partial charge >= 0.3 is 0 Å². The molecule has 0 unspecified atom stereocenters. The standard InChI is InChI=1S/C27H28S2/c1-18-24(16-26(28-18)20-10-6-7-11-20)22-14-4-3-5-15-23(22)25-17-27(29-19(25)2)21-12-8-9-13-21/h6-13,16-17,20-21H,3-5,14-15H2,1-2H3. The van der Waals surface area contributed by atoms with Gasteiger partial charge in [0.05, 0.1) is 0 Å². The van der Waals surface area contributed by atoms with Crippen LogP contribution in [0.1, 0.15) is 74.6 Å². The Labute approximate surface area is 182 Å². The van der Waals surface area contributed by atoms with E-state index in [0.717, 1.165) is 0 Å². The second-order valence-corrected chi connectivity index (χ2v) is 10.9. The van der Waals surface area contributed by atoms with E-state index in [4.69, 9.17) is 0 Å². The Bertz CT molecular complexity index is 956. The second kappa shape index (κ2) is 8.08. The fourth-order valence-corrected chi connectivity index (χ4v) is 7.09. The first-order valence-corrected chi connectivity index (χ1v) is 12.5. The van der Waals surface area contributed by atoms with Crippen LogP contribution in [0.5, 0.6) is 0 Å². The van der Waals surface area contributed by atoms with Gasteiger partial charge in [-0.3, -0.25) is 0 Å². The minimum absolute atomic E-state index is 0.470. The fourth-order valence-electron chi connectivity index (χ4n) is 4.86. The molecule has 0 aromatic carbocycles. The Morgan fingerprint density at radius 3 is 1.45 bits per heavy atom. The summed E-state index contributed by atoms with van der Waals surface area (Å²) >= 11 is 3.97. The Hall–Kier alpha value is -1.90. The fraction of sp³-hybridized carbons (Fsp3) is 0.333. The van der Waals surface area contributed by atoms with E-state index < -0.39 is 0 Å². The second-order valence-electron chi connectivity index (χ2n) is 8.35. The first kappa shape index (κ1) is 19.1. The number of rotatable bonds is 4. The van der Waals surface area contributed by atoms with Gasteiger partial charge in [0.1, 0.15) is 0 Å². The molecule has 5 rings (SSSR count). The van der Waals surface area contributed by atoms with Crippen molar-refractivity contribution in [3.8, 4) is 0 Å². The van der Waals surface area contributed by atoms with Gasteiger partial charge in [-0.05, 0) is 73.9 Å². The van der Waals surface area contributed by atoms with E-state index in [9.17, 15) is 0 Å². The molecule has 0 fully saturated rings. The zero-order chi connectivity index (χ0) is 19.8. The molecule has 2 heteroatoms. The number of aryl methyl sites for hydroxylation is 2. The van der Waals surface area contributed by atoms with Crippen LogP contribution in [0.2, 0.25) is 0 Å². The lowest BCUT2D eigenvalue weighted by atomic mass is 9.90. The molecule has 0 nitrogen and oxygen atoms in total. The summed E-state index contributed by atoms with van der Waals surface area (Å²) in [6.07, 6.45) is 24.4. The van der Waals surface area contributed by atoms with E-state index in [1.54, 1.807) is 11.1 Å². The summed E-state index contributed by atoms with van der Waals surface area (Å²) in [4.78, 5) is 5.95. The van der Waals surface area contributed by atoms with E-state index >= 15 is 0 Å². The minimum atomic E-state index is 0.470. The van der Waals surface area contributed by atoms with Gasteiger partial charge in [0.25, 0.3) is 0 Å². The number of hydrogen-bond acceptors (Lipinski definition) is 2. The average Bonchev–Trinajstić information content (AvgIpc) is 3.48. The first-order valence-electron chi connectivity index (χ1n) is 10.8. The zero-order valence-corrected chi connectivity index (χ0v) is 18.9. The average molecular weight is 417 g/mol. The number of allylic oxidation sites excluding steroid dienone is 10. The minimum Gasteiger partial charge on any atom is -0.144 e. The molecule has 2 heterocycles. The third-order valence-corrected chi connectivity index (χ3v) is 8.70. The van der Waals surface area contributed by atoms with Crippen molar-refractivity contribution in [2.45, 2.75) is 57.8 Å². The lowest BCUT2D eigenvalue weighted by molar-refractivity contribution is 0.723. The van der Waals surface area contributed by atoms with Crippen LogP contribution < -0.4 is 0 Å². The number of thiophene rings is 2. The quantitative estimate of drug-likeness (QED) is 0.467. The molecule has 0 saturated heterocycles. The van der Waals surface area contributed by atoms with Crippen LogP contribution >= 0.6 is 22.7 Å².